The van der Waals surface area contributed by atoms with Crippen LogP contribution in [-0.4, -0.2) is 21.7 Å². The van der Waals surface area contributed by atoms with Gasteiger partial charge in [-0.05, 0) is 25.7 Å². The highest BCUT2D eigenvalue weighted by molar-refractivity contribution is 8.13. The van der Waals surface area contributed by atoms with Gasteiger partial charge in [-0.2, -0.15) is 0 Å². The van der Waals surface area contributed by atoms with Crippen LogP contribution in [0.5, 0.6) is 0 Å². The second-order valence-electron chi connectivity index (χ2n) is 5.48. The first-order valence-electron chi connectivity index (χ1n) is 8.10. The van der Waals surface area contributed by atoms with Gasteiger partial charge in [-0.25, -0.2) is 0 Å². The molecule has 20 heavy (non-hydrogen) atoms. The van der Waals surface area contributed by atoms with Crippen LogP contribution < -0.4 is 0 Å². The van der Waals surface area contributed by atoms with Crippen molar-refractivity contribution in [3.63, 3.8) is 0 Å². The first-order chi connectivity index (χ1) is 9.79. The van der Waals surface area contributed by atoms with Crippen molar-refractivity contribution in [3.05, 3.63) is 0 Å². The van der Waals surface area contributed by atoms with Crippen molar-refractivity contribution in [1.82, 2.24) is 0 Å². The van der Waals surface area contributed by atoms with E-state index in [1.165, 1.54) is 74.9 Å². The topological polar surface area (TPSA) is 34.1 Å². The Morgan fingerprint density at radius 1 is 0.500 bits per heavy atom. The lowest BCUT2D eigenvalue weighted by atomic mass is 10.1. The normalized spacial score (nSPS) is 23.0. The van der Waals surface area contributed by atoms with Gasteiger partial charge in [0.15, 0.2) is 10.2 Å². The predicted octanol–water partition coefficient (Wildman–Crippen LogP) is 5.20. The lowest BCUT2D eigenvalue weighted by Crippen LogP contribution is -1.97. The number of hydrogen-bond acceptors (Lipinski definition) is 4. The molecule has 2 nitrogen and oxygen atoms in total. The van der Waals surface area contributed by atoms with E-state index in [4.69, 9.17) is 0 Å². The van der Waals surface area contributed by atoms with E-state index >= 15 is 0 Å². The first-order valence-corrected chi connectivity index (χ1v) is 10.1. The van der Waals surface area contributed by atoms with Gasteiger partial charge < -0.3 is 0 Å². The molecule has 0 spiro atoms. The van der Waals surface area contributed by atoms with Crippen LogP contribution in [0.1, 0.15) is 77.0 Å². The van der Waals surface area contributed by atoms with Crippen LogP contribution in [0.15, 0.2) is 0 Å². The lowest BCUT2D eigenvalue weighted by molar-refractivity contribution is -0.112. The van der Waals surface area contributed by atoms with Gasteiger partial charge in [0.25, 0.3) is 0 Å². The Labute approximate surface area is 132 Å². The van der Waals surface area contributed by atoms with E-state index in [-0.39, 0.29) is 0 Å². The van der Waals surface area contributed by atoms with Crippen LogP contribution >= 0.6 is 23.5 Å². The van der Waals surface area contributed by atoms with E-state index in [2.05, 4.69) is 0 Å². The average Bonchev–Trinajstić information content (AvgIpc) is 2.44. The molecule has 0 N–H and O–H groups in total. The highest BCUT2D eigenvalue weighted by Crippen LogP contribution is 2.17. The van der Waals surface area contributed by atoms with Crippen LogP contribution in [0.4, 0.5) is 0 Å². The minimum absolute atomic E-state index is 0.311. The monoisotopic (exact) mass is 316 g/mol. The molecule has 0 atom stereocenters. The lowest BCUT2D eigenvalue weighted by Gasteiger charge is -2.05. The van der Waals surface area contributed by atoms with E-state index in [1.54, 1.807) is 0 Å². The average molecular weight is 317 g/mol. The maximum absolute atomic E-state index is 11.6. The number of hydrogen-bond donors (Lipinski definition) is 0. The maximum atomic E-state index is 11.6. The van der Waals surface area contributed by atoms with Crippen LogP contribution in [0.2, 0.25) is 0 Å². The molecule has 116 valence electrons. The molecule has 1 saturated heterocycles. The molecule has 0 amide bonds. The molecule has 4 heteroatoms. The number of carbonyl (C=O) groups is 2. The van der Waals surface area contributed by atoms with Gasteiger partial charge in [0.1, 0.15) is 0 Å². The molecule has 0 radical (unpaired) electrons. The fourth-order valence-electron chi connectivity index (χ4n) is 2.32. The molecular weight excluding hydrogens is 288 g/mol. The fraction of sp³-hybridized carbons (Fsp3) is 0.875. The van der Waals surface area contributed by atoms with Crippen molar-refractivity contribution in [2.45, 2.75) is 77.0 Å². The smallest absolute Gasteiger partial charge is 0.188 e. The Morgan fingerprint density at radius 3 is 1.25 bits per heavy atom. The summed E-state index contributed by atoms with van der Waals surface area (Å²) in [6.07, 6.45) is 13.2. The van der Waals surface area contributed by atoms with Gasteiger partial charge in [-0.1, -0.05) is 62.0 Å². The zero-order chi connectivity index (χ0) is 14.5. The van der Waals surface area contributed by atoms with Crippen molar-refractivity contribution >= 4 is 33.8 Å². The molecule has 1 rings (SSSR count). The Balaban J connectivity index is 2.20. The number of thioether (sulfide) groups is 2. The molecule has 0 aromatic carbocycles. The van der Waals surface area contributed by atoms with E-state index in [9.17, 15) is 9.59 Å². The predicted molar refractivity (Wildman–Crippen MR) is 90.3 cm³/mol. The van der Waals surface area contributed by atoms with Crippen molar-refractivity contribution in [2.75, 3.05) is 11.5 Å². The summed E-state index contributed by atoms with van der Waals surface area (Å²) in [4.78, 5) is 23.3. The third-order valence-corrected chi connectivity index (χ3v) is 5.61. The molecule has 1 fully saturated rings. The minimum Gasteiger partial charge on any atom is -0.287 e. The summed E-state index contributed by atoms with van der Waals surface area (Å²) in [5.74, 6) is 1.96. The van der Waals surface area contributed by atoms with Gasteiger partial charge in [0, 0.05) is 24.3 Å². The van der Waals surface area contributed by atoms with E-state index in [0.717, 1.165) is 24.3 Å². The Morgan fingerprint density at radius 2 is 0.850 bits per heavy atom. The quantitative estimate of drug-likeness (QED) is 0.615. The molecule has 0 aromatic rings. The summed E-state index contributed by atoms with van der Waals surface area (Å²) in [5.41, 5.74) is 0. The van der Waals surface area contributed by atoms with E-state index < -0.39 is 0 Å². The molecule has 1 heterocycles. The van der Waals surface area contributed by atoms with Crippen molar-refractivity contribution in [2.24, 2.45) is 0 Å². The van der Waals surface area contributed by atoms with Gasteiger partial charge in [0.05, 0.1) is 0 Å². The third-order valence-electron chi connectivity index (χ3n) is 3.58. The standard InChI is InChI=1S/C16H28O2S2/c17-15-11-7-8-12-16(18)20-14-10-6-4-2-1-3-5-9-13-19-15/h1-14H2. The van der Waals surface area contributed by atoms with Gasteiger partial charge in [-0.15, -0.1) is 0 Å². The molecule has 0 aliphatic carbocycles. The molecule has 0 saturated carbocycles. The SMILES string of the molecule is O=C1CCCCC(=O)SCCCCCCCCCCS1. The molecule has 0 aromatic heterocycles. The first kappa shape index (κ1) is 18.1. The van der Waals surface area contributed by atoms with Crippen LogP contribution in [0.25, 0.3) is 0 Å². The molecule has 0 unspecified atom stereocenters. The third kappa shape index (κ3) is 10.8. The van der Waals surface area contributed by atoms with Crippen LogP contribution in [-0.2, 0) is 9.59 Å². The second-order valence-corrected chi connectivity index (χ2v) is 7.78. The highest BCUT2D eigenvalue weighted by atomic mass is 32.2. The van der Waals surface area contributed by atoms with E-state index in [1.807, 2.05) is 0 Å². The summed E-state index contributed by atoms with van der Waals surface area (Å²) >= 11 is 2.98. The summed E-state index contributed by atoms with van der Waals surface area (Å²) in [5, 5.41) is 0.623. The molecule has 1 aliphatic rings. The summed E-state index contributed by atoms with van der Waals surface area (Å²) < 4.78 is 0. The maximum Gasteiger partial charge on any atom is 0.188 e. The summed E-state index contributed by atoms with van der Waals surface area (Å²) in [6.45, 7) is 0. The molecule has 1 aliphatic heterocycles. The summed E-state index contributed by atoms with van der Waals surface area (Å²) in [7, 11) is 0. The largest absolute Gasteiger partial charge is 0.287 e. The van der Waals surface area contributed by atoms with Crippen molar-refractivity contribution in [1.29, 1.82) is 0 Å². The molecular formula is C16H28O2S2. The summed E-state index contributed by atoms with van der Waals surface area (Å²) in [6, 6.07) is 0. The molecule has 0 bridgehead atoms. The number of rotatable bonds is 0. The Bertz CT molecular complexity index is 252. The Kier molecular flexibility index (Phi) is 11.5. The second kappa shape index (κ2) is 12.8. The van der Waals surface area contributed by atoms with Gasteiger partial charge >= 0.3 is 0 Å². The van der Waals surface area contributed by atoms with Crippen LogP contribution in [0, 0.1) is 0 Å². The number of carbonyl (C=O) groups excluding carboxylic acids is 2. The van der Waals surface area contributed by atoms with Crippen molar-refractivity contribution < 1.29 is 9.59 Å². The zero-order valence-corrected chi connectivity index (χ0v) is 14.2. The minimum atomic E-state index is 0.311. The highest BCUT2D eigenvalue weighted by Gasteiger charge is 2.06. The van der Waals surface area contributed by atoms with E-state index in [0.29, 0.717) is 23.1 Å². The van der Waals surface area contributed by atoms with Gasteiger partial charge in [0.2, 0.25) is 0 Å². The van der Waals surface area contributed by atoms with Crippen LogP contribution in [0.3, 0.4) is 0 Å². The Hall–Kier alpha value is 0.0400. The van der Waals surface area contributed by atoms with Crippen molar-refractivity contribution in [3.8, 4) is 0 Å². The van der Waals surface area contributed by atoms with Gasteiger partial charge in [-0.3, -0.25) is 9.59 Å². The fourth-order valence-corrected chi connectivity index (χ4v) is 4.05. The zero-order valence-electron chi connectivity index (χ0n) is 12.5.